The van der Waals surface area contributed by atoms with Gasteiger partial charge in [-0.15, -0.1) is 11.3 Å². The smallest absolute Gasteiger partial charge is 0.243 e. The number of ether oxygens (including phenoxy) is 1. The standard InChI is InChI=1S/C28H37N3O3S2/c1-3-5-6-10-21-31-27(22-35-28(31)29-24-13-15-25(16-14-24)34-4-2)23-11-17-26(18-12-23)36(32,33)30-19-8-7-9-20-30/h11-18,22H,3-10,19-21H2,1-2H3. The molecule has 0 bridgehead atoms. The van der Waals surface area contributed by atoms with E-state index in [0.717, 1.165) is 59.7 Å². The van der Waals surface area contributed by atoms with Gasteiger partial charge in [-0.1, -0.05) is 44.7 Å². The van der Waals surface area contributed by atoms with E-state index in [1.54, 1.807) is 27.8 Å². The van der Waals surface area contributed by atoms with Crippen LogP contribution in [0.1, 0.15) is 58.8 Å². The van der Waals surface area contributed by atoms with E-state index in [0.29, 0.717) is 24.6 Å². The molecule has 0 saturated carbocycles. The molecule has 0 amide bonds. The summed E-state index contributed by atoms with van der Waals surface area (Å²) in [5.41, 5.74) is 2.97. The van der Waals surface area contributed by atoms with Crippen molar-refractivity contribution < 1.29 is 13.2 Å². The van der Waals surface area contributed by atoms with Crippen LogP contribution < -0.4 is 9.54 Å². The highest BCUT2D eigenvalue weighted by Crippen LogP contribution is 2.26. The molecule has 0 spiro atoms. The van der Waals surface area contributed by atoms with Gasteiger partial charge in [0.25, 0.3) is 0 Å². The van der Waals surface area contributed by atoms with Gasteiger partial charge in [-0.25, -0.2) is 13.4 Å². The summed E-state index contributed by atoms with van der Waals surface area (Å²) in [7, 11) is -3.43. The lowest BCUT2D eigenvalue weighted by atomic mass is 10.1. The Bertz CT molecular complexity index is 1270. The van der Waals surface area contributed by atoms with E-state index >= 15 is 0 Å². The SMILES string of the molecule is CCCCCCn1c(-c2ccc(S(=O)(=O)N3CCCCC3)cc2)csc1=Nc1ccc(OCC)cc1. The fourth-order valence-corrected chi connectivity index (χ4v) is 6.98. The second-order valence-electron chi connectivity index (χ2n) is 9.14. The molecule has 6 nitrogen and oxygen atoms in total. The van der Waals surface area contributed by atoms with Crippen molar-refractivity contribution >= 4 is 27.0 Å². The Morgan fingerprint density at radius 3 is 2.31 bits per heavy atom. The highest BCUT2D eigenvalue weighted by atomic mass is 32.2. The lowest BCUT2D eigenvalue weighted by Gasteiger charge is -2.25. The number of hydrogen-bond acceptors (Lipinski definition) is 5. The molecule has 0 aliphatic carbocycles. The first-order chi connectivity index (χ1) is 17.5. The molecular weight excluding hydrogens is 490 g/mol. The number of sulfonamides is 1. The third kappa shape index (κ3) is 6.47. The number of thiazole rings is 1. The maximum Gasteiger partial charge on any atom is 0.243 e. The Morgan fingerprint density at radius 1 is 0.917 bits per heavy atom. The van der Waals surface area contributed by atoms with Crippen molar-refractivity contribution in [1.29, 1.82) is 0 Å². The topological polar surface area (TPSA) is 63.9 Å². The summed E-state index contributed by atoms with van der Waals surface area (Å²) in [6.07, 6.45) is 7.64. The van der Waals surface area contributed by atoms with Crippen LogP contribution in [0.25, 0.3) is 11.3 Å². The highest BCUT2D eigenvalue weighted by molar-refractivity contribution is 7.89. The third-order valence-corrected chi connectivity index (χ3v) is 9.28. The van der Waals surface area contributed by atoms with Crippen LogP contribution >= 0.6 is 11.3 Å². The number of piperidine rings is 1. The summed E-state index contributed by atoms with van der Waals surface area (Å²) in [6.45, 7) is 6.94. The zero-order chi connectivity index (χ0) is 25.4. The summed E-state index contributed by atoms with van der Waals surface area (Å²) in [6, 6.07) is 15.2. The number of hydrogen-bond donors (Lipinski definition) is 0. The number of unbranched alkanes of at least 4 members (excludes halogenated alkanes) is 3. The van der Waals surface area contributed by atoms with Crippen molar-refractivity contribution in [2.45, 2.75) is 70.2 Å². The molecular formula is C28H37N3O3S2. The molecule has 1 aliphatic heterocycles. The molecule has 3 aromatic rings. The fraction of sp³-hybridized carbons (Fsp3) is 0.464. The van der Waals surface area contributed by atoms with Crippen LogP contribution in [0, 0.1) is 0 Å². The normalized spacial score (nSPS) is 15.3. The van der Waals surface area contributed by atoms with Gasteiger partial charge in [0.05, 0.1) is 22.9 Å². The summed E-state index contributed by atoms with van der Waals surface area (Å²) in [4.78, 5) is 6.24. The molecule has 0 N–H and O–H groups in total. The molecule has 2 aromatic carbocycles. The Balaban J connectivity index is 1.63. The molecule has 2 heterocycles. The molecule has 1 saturated heterocycles. The second kappa shape index (κ2) is 12.7. The van der Waals surface area contributed by atoms with Crippen molar-refractivity contribution in [3.63, 3.8) is 0 Å². The van der Waals surface area contributed by atoms with Crippen LogP contribution in [0.3, 0.4) is 0 Å². The van der Waals surface area contributed by atoms with Gasteiger partial charge in [0.2, 0.25) is 10.0 Å². The van der Waals surface area contributed by atoms with E-state index in [-0.39, 0.29) is 0 Å². The van der Waals surface area contributed by atoms with Gasteiger partial charge < -0.3 is 9.30 Å². The fourth-order valence-electron chi connectivity index (χ4n) is 4.51. The van der Waals surface area contributed by atoms with Gasteiger partial charge in [-0.05, 0) is 68.1 Å². The predicted octanol–water partition coefficient (Wildman–Crippen LogP) is 6.60. The summed E-state index contributed by atoms with van der Waals surface area (Å²) in [5.74, 6) is 0.843. The quantitative estimate of drug-likeness (QED) is 0.264. The average Bonchev–Trinajstić information content (AvgIpc) is 3.30. The van der Waals surface area contributed by atoms with E-state index in [1.807, 2.05) is 43.3 Å². The van der Waals surface area contributed by atoms with Gasteiger partial charge in [0.15, 0.2) is 4.80 Å². The molecule has 8 heteroatoms. The number of rotatable bonds is 11. The van der Waals surface area contributed by atoms with Crippen LogP contribution in [-0.4, -0.2) is 37.0 Å². The van der Waals surface area contributed by atoms with Crippen molar-refractivity contribution in [3.05, 3.63) is 58.7 Å². The predicted molar refractivity (Wildman–Crippen MR) is 147 cm³/mol. The maximum absolute atomic E-state index is 13.1. The average molecular weight is 528 g/mol. The van der Waals surface area contributed by atoms with Crippen molar-refractivity contribution in [2.75, 3.05) is 19.7 Å². The van der Waals surface area contributed by atoms with Gasteiger partial charge >= 0.3 is 0 Å². The van der Waals surface area contributed by atoms with Gasteiger partial charge in [-0.3, -0.25) is 0 Å². The Labute approximate surface area is 219 Å². The third-order valence-electron chi connectivity index (χ3n) is 6.51. The Hall–Kier alpha value is -2.42. The van der Waals surface area contributed by atoms with Gasteiger partial charge in [0.1, 0.15) is 5.75 Å². The van der Waals surface area contributed by atoms with Crippen molar-refractivity contribution in [1.82, 2.24) is 8.87 Å². The second-order valence-corrected chi connectivity index (χ2v) is 11.9. The molecule has 4 rings (SSSR count). The molecule has 0 radical (unpaired) electrons. The number of nitrogens with zero attached hydrogens (tertiary/aromatic N) is 3. The van der Waals surface area contributed by atoms with E-state index in [1.165, 1.54) is 19.3 Å². The van der Waals surface area contributed by atoms with Crippen molar-refractivity contribution in [2.24, 2.45) is 4.99 Å². The first kappa shape index (κ1) is 26.6. The van der Waals surface area contributed by atoms with Crippen LogP contribution in [0.2, 0.25) is 0 Å². The molecule has 1 aliphatic rings. The maximum atomic E-state index is 13.1. The zero-order valence-electron chi connectivity index (χ0n) is 21.4. The lowest BCUT2D eigenvalue weighted by molar-refractivity contribution is 0.340. The Kier molecular flexibility index (Phi) is 9.40. The monoisotopic (exact) mass is 527 g/mol. The molecule has 1 aromatic heterocycles. The summed E-state index contributed by atoms with van der Waals surface area (Å²) in [5, 5.41) is 2.13. The van der Waals surface area contributed by atoms with Crippen LogP contribution in [0.5, 0.6) is 5.75 Å². The van der Waals surface area contributed by atoms with E-state index in [2.05, 4.69) is 16.9 Å². The first-order valence-electron chi connectivity index (χ1n) is 13.1. The van der Waals surface area contributed by atoms with Gasteiger partial charge in [-0.2, -0.15) is 4.31 Å². The van der Waals surface area contributed by atoms with Crippen molar-refractivity contribution in [3.8, 4) is 17.0 Å². The Morgan fingerprint density at radius 2 is 1.64 bits per heavy atom. The van der Waals surface area contributed by atoms with Crippen LogP contribution in [0.15, 0.2) is 63.8 Å². The molecule has 1 fully saturated rings. The van der Waals surface area contributed by atoms with Crippen LogP contribution in [0.4, 0.5) is 5.69 Å². The molecule has 194 valence electrons. The molecule has 0 unspecified atom stereocenters. The number of benzene rings is 2. The van der Waals surface area contributed by atoms with E-state index in [4.69, 9.17) is 9.73 Å². The summed E-state index contributed by atoms with van der Waals surface area (Å²) >= 11 is 1.62. The van der Waals surface area contributed by atoms with Crippen LogP contribution in [-0.2, 0) is 16.6 Å². The number of aromatic nitrogens is 1. The molecule has 0 atom stereocenters. The lowest BCUT2D eigenvalue weighted by Crippen LogP contribution is -2.35. The minimum absolute atomic E-state index is 0.372. The highest BCUT2D eigenvalue weighted by Gasteiger charge is 2.25. The largest absolute Gasteiger partial charge is 0.494 e. The first-order valence-corrected chi connectivity index (χ1v) is 15.4. The molecule has 36 heavy (non-hydrogen) atoms. The van der Waals surface area contributed by atoms with E-state index < -0.39 is 10.0 Å². The van der Waals surface area contributed by atoms with E-state index in [9.17, 15) is 8.42 Å². The zero-order valence-corrected chi connectivity index (χ0v) is 23.0. The minimum Gasteiger partial charge on any atom is -0.494 e. The minimum atomic E-state index is -3.43. The van der Waals surface area contributed by atoms with Gasteiger partial charge in [0, 0.05) is 25.0 Å². The summed E-state index contributed by atoms with van der Waals surface area (Å²) < 4.78 is 35.6.